The molecule has 0 bridgehead atoms. The van der Waals surface area contributed by atoms with Crippen molar-refractivity contribution in [3.63, 3.8) is 0 Å². The molecule has 0 amide bonds. The number of hydrogen-bond donors (Lipinski definition) is 1. The summed E-state index contributed by atoms with van der Waals surface area (Å²) in [6.45, 7) is 5.42. The highest BCUT2D eigenvalue weighted by Gasteiger charge is 2.37. The summed E-state index contributed by atoms with van der Waals surface area (Å²) in [5.74, 6) is -1.25. The largest absolute Gasteiger partial charge is 0.481 e. The molecule has 0 fully saturated rings. The Hall–Kier alpha value is -0.900. The van der Waals surface area contributed by atoms with Gasteiger partial charge in [0.05, 0.1) is 9.89 Å². The van der Waals surface area contributed by atoms with E-state index in [0.29, 0.717) is 16.5 Å². The number of aliphatic carboxylic acids is 1. The third-order valence-corrected chi connectivity index (χ3v) is 4.24. The second kappa shape index (κ2) is 5.17. The lowest BCUT2D eigenvalue weighted by atomic mass is 9.74. The zero-order valence-electron chi connectivity index (χ0n) is 10.1. The van der Waals surface area contributed by atoms with E-state index in [4.69, 9.17) is 0 Å². The van der Waals surface area contributed by atoms with Crippen molar-refractivity contribution in [1.82, 2.24) is 0 Å². The second-order valence-electron chi connectivity index (χ2n) is 4.77. The number of halogens is 2. The topological polar surface area (TPSA) is 37.3 Å². The third kappa shape index (κ3) is 2.86. The summed E-state index contributed by atoms with van der Waals surface area (Å²) in [5, 5.41) is 9.32. The molecule has 0 aliphatic heterocycles. The van der Waals surface area contributed by atoms with Crippen molar-refractivity contribution in [2.45, 2.75) is 27.2 Å². The van der Waals surface area contributed by atoms with Crippen LogP contribution in [0.25, 0.3) is 0 Å². The molecule has 0 radical (unpaired) electrons. The molecule has 1 aromatic carbocycles. The highest BCUT2D eigenvalue weighted by Crippen LogP contribution is 2.34. The van der Waals surface area contributed by atoms with Gasteiger partial charge in [-0.15, -0.1) is 0 Å². The van der Waals surface area contributed by atoms with Crippen LogP contribution in [-0.2, 0) is 11.2 Å². The van der Waals surface area contributed by atoms with Crippen LogP contribution in [-0.4, -0.2) is 11.1 Å². The van der Waals surface area contributed by atoms with Crippen LogP contribution in [0.15, 0.2) is 22.7 Å². The predicted molar refractivity (Wildman–Crippen MR) is 68.4 cm³/mol. The van der Waals surface area contributed by atoms with Gasteiger partial charge in [0.25, 0.3) is 0 Å². The van der Waals surface area contributed by atoms with E-state index < -0.39 is 11.4 Å². The number of carboxylic acids is 1. The molecule has 0 aliphatic carbocycles. The monoisotopic (exact) mass is 302 g/mol. The van der Waals surface area contributed by atoms with Gasteiger partial charge >= 0.3 is 5.97 Å². The Kier molecular flexibility index (Phi) is 4.31. The highest BCUT2D eigenvalue weighted by molar-refractivity contribution is 9.10. The van der Waals surface area contributed by atoms with Crippen LogP contribution in [0.5, 0.6) is 0 Å². The van der Waals surface area contributed by atoms with E-state index in [1.807, 2.05) is 13.8 Å². The maximum absolute atomic E-state index is 13.4. The van der Waals surface area contributed by atoms with Crippen molar-refractivity contribution in [3.8, 4) is 0 Å². The van der Waals surface area contributed by atoms with Gasteiger partial charge < -0.3 is 5.11 Å². The van der Waals surface area contributed by atoms with Crippen LogP contribution in [0, 0.1) is 17.2 Å². The molecular weight excluding hydrogens is 287 g/mol. The van der Waals surface area contributed by atoms with Gasteiger partial charge in [-0.3, -0.25) is 4.79 Å². The standard InChI is InChI=1S/C13H16BrFO2/c1-8(2)13(3,12(16)17)7-9-5-4-6-10(15)11(9)14/h4-6,8H,7H2,1-3H3,(H,16,17). The highest BCUT2D eigenvalue weighted by atomic mass is 79.9. The molecule has 1 aromatic rings. The molecule has 0 aromatic heterocycles. The third-order valence-electron chi connectivity index (χ3n) is 3.35. The van der Waals surface area contributed by atoms with Crippen molar-refractivity contribution in [2.24, 2.45) is 11.3 Å². The maximum atomic E-state index is 13.4. The molecule has 94 valence electrons. The summed E-state index contributed by atoms with van der Waals surface area (Å²) in [4.78, 5) is 11.4. The smallest absolute Gasteiger partial charge is 0.309 e. The van der Waals surface area contributed by atoms with E-state index in [0.717, 1.165) is 0 Å². The second-order valence-corrected chi connectivity index (χ2v) is 5.56. The fraction of sp³-hybridized carbons (Fsp3) is 0.462. The molecule has 0 saturated heterocycles. The first-order valence-corrected chi connectivity index (χ1v) is 6.24. The fourth-order valence-corrected chi connectivity index (χ4v) is 2.01. The normalized spacial score (nSPS) is 14.7. The van der Waals surface area contributed by atoms with Crippen LogP contribution in [0.3, 0.4) is 0 Å². The van der Waals surface area contributed by atoms with Crippen LogP contribution in [0.2, 0.25) is 0 Å². The van der Waals surface area contributed by atoms with Crippen LogP contribution < -0.4 is 0 Å². The van der Waals surface area contributed by atoms with Crippen LogP contribution >= 0.6 is 15.9 Å². The molecule has 0 aliphatic rings. The van der Waals surface area contributed by atoms with Crippen molar-refractivity contribution in [2.75, 3.05) is 0 Å². The van der Waals surface area contributed by atoms with Crippen molar-refractivity contribution >= 4 is 21.9 Å². The predicted octanol–water partition coefficient (Wildman–Crippen LogP) is 3.88. The lowest BCUT2D eigenvalue weighted by Gasteiger charge is -2.29. The summed E-state index contributed by atoms with van der Waals surface area (Å²) in [6, 6.07) is 4.69. The summed E-state index contributed by atoms with van der Waals surface area (Å²) in [6.07, 6.45) is 0.304. The van der Waals surface area contributed by atoms with Crippen molar-refractivity contribution in [3.05, 3.63) is 34.1 Å². The van der Waals surface area contributed by atoms with E-state index in [9.17, 15) is 14.3 Å². The average Bonchev–Trinajstić information content (AvgIpc) is 2.24. The molecule has 1 unspecified atom stereocenters. The first-order chi connectivity index (χ1) is 7.79. The summed E-state index contributed by atoms with van der Waals surface area (Å²) < 4.78 is 13.7. The molecular formula is C13H16BrFO2. The SMILES string of the molecule is CC(C)C(C)(Cc1cccc(F)c1Br)C(=O)O. The Labute approximate surface area is 109 Å². The van der Waals surface area contributed by atoms with Gasteiger partial charge in [-0.1, -0.05) is 26.0 Å². The van der Waals surface area contributed by atoms with E-state index >= 15 is 0 Å². The molecule has 0 heterocycles. The minimum atomic E-state index is -0.893. The van der Waals surface area contributed by atoms with E-state index in [1.165, 1.54) is 6.07 Å². The molecule has 4 heteroatoms. The summed E-state index contributed by atoms with van der Waals surface area (Å²) >= 11 is 3.16. The zero-order chi connectivity index (χ0) is 13.2. The fourth-order valence-electron chi connectivity index (χ4n) is 1.61. The zero-order valence-corrected chi connectivity index (χ0v) is 11.7. The van der Waals surface area contributed by atoms with Gasteiger partial charge in [-0.05, 0) is 46.8 Å². The van der Waals surface area contributed by atoms with E-state index in [2.05, 4.69) is 15.9 Å². The van der Waals surface area contributed by atoms with Gasteiger partial charge in [0, 0.05) is 0 Å². The van der Waals surface area contributed by atoms with E-state index in [1.54, 1.807) is 19.1 Å². The molecule has 1 atom stereocenters. The van der Waals surface area contributed by atoms with Gasteiger partial charge in [0.1, 0.15) is 5.82 Å². The molecule has 1 N–H and O–H groups in total. The first kappa shape index (κ1) is 14.2. The Morgan fingerprint density at radius 1 is 1.53 bits per heavy atom. The van der Waals surface area contributed by atoms with Crippen LogP contribution in [0.4, 0.5) is 4.39 Å². The minimum Gasteiger partial charge on any atom is -0.481 e. The van der Waals surface area contributed by atoms with Crippen molar-refractivity contribution in [1.29, 1.82) is 0 Å². The van der Waals surface area contributed by atoms with Crippen LogP contribution in [0.1, 0.15) is 26.3 Å². The lowest BCUT2D eigenvalue weighted by Crippen LogP contribution is -2.35. The number of carboxylic acid groups (broad SMARTS) is 1. The lowest BCUT2D eigenvalue weighted by molar-refractivity contribution is -0.150. The summed E-state index contributed by atoms with van der Waals surface area (Å²) in [7, 11) is 0. The number of carbonyl (C=O) groups is 1. The quantitative estimate of drug-likeness (QED) is 0.916. The molecule has 2 nitrogen and oxygen atoms in total. The average molecular weight is 303 g/mol. The molecule has 0 spiro atoms. The number of hydrogen-bond acceptors (Lipinski definition) is 1. The van der Waals surface area contributed by atoms with Gasteiger partial charge in [0.15, 0.2) is 0 Å². The van der Waals surface area contributed by atoms with Gasteiger partial charge in [0.2, 0.25) is 0 Å². The first-order valence-electron chi connectivity index (χ1n) is 5.45. The Morgan fingerprint density at radius 3 is 2.59 bits per heavy atom. The minimum absolute atomic E-state index is 0.0323. The molecule has 0 saturated carbocycles. The van der Waals surface area contributed by atoms with E-state index in [-0.39, 0.29) is 11.7 Å². The van der Waals surface area contributed by atoms with Gasteiger partial charge in [-0.2, -0.15) is 0 Å². The Morgan fingerprint density at radius 2 is 2.12 bits per heavy atom. The summed E-state index contributed by atoms with van der Waals surface area (Å²) in [5.41, 5.74) is -0.209. The van der Waals surface area contributed by atoms with Crippen molar-refractivity contribution < 1.29 is 14.3 Å². The molecule has 17 heavy (non-hydrogen) atoms. The molecule has 1 rings (SSSR count). The van der Waals surface area contributed by atoms with Gasteiger partial charge in [-0.25, -0.2) is 4.39 Å². The number of benzene rings is 1. The maximum Gasteiger partial charge on any atom is 0.309 e. The Bertz CT molecular complexity index is 431. The number of rotatable bonds is 4. The Balaban J connectivity index is 3.11.